The van der Waals surface area contributed by atoms with E-state index in [4.69, 9.17) is 9.40 Å². The minimum atomic E-state index is -0.252. The van der Waals surface area contributed by atoms with Crippen LogP contribution in [0.1, 0.15) is 47.3 Å². The first kappa shape index (κ1) is 25.9. The average molecular weight is 555 g/mol. The molecule has 4 aromatic heterocycles. The number of pyridine rings is 1. The first-order valence-corrected chi connectivity index (χ1v) is 14.3. The second kappa shape index (κ2) is 11.4. The number of imidazole rings is 1. The maximum atomic E-state index is 13.3. The van der Waals surface area contributed by atoms with Crippen molar-refractivity contribution in [2.75, 3.05) is 17.3 Å². The summed E-state index contributed by atoms with van der Waals surface area (Å²) in [6.07, 6.45) is 12.6. The number of fused-ring (bicyclic) bond motifs is 1. The Hall–Kier alpha value is -4.31. The summed E-state index contributed by atoms with van der Waals surface area (Å²) in [6, 6.07) is 13.4. The summed E-state index contributed by atoms with van der Waals surface area (Å²) in [6.45, 7) is 0.599. The topological polar surface area (TPSA) is 106 Å². The summed E-state index contributed by atoms with van der Waals surface area (Å²) >= 11 is 1.33. The number of nitrogens with one attached hydrogen (secondary N) is 1. The number of aryl methyl sites for hydroxylation is 2. The molecule has 4 heterocycles. The van der Waals surface area contributed by atoms with Crippen molar-refractivity contribution < 1.29 is 14.0 Å². The third-order valence-corrected chi connectivity index (χ3v) is 8.61. The maximum Gasteiger partial charge on any atom is 0.268 e. The molecule has 1 aliphatic carbocycles. The van der Waals surface area contributed by atoms with Crippen LogP contribution < -0.4 is 10.2 Å². The van der Waals surface area contributed by atoms with Gasteiger partial charge < -0.3 is 13.9 Å². The van der Waals surface area contributed by atoms with E-state index in [0.29, 0.717) is 41.0 Å². The molecule has 40 heavy (non-hydrogen) atoms. The lowest BCUT2D eigenvalue weighted by Crippen LogP contribution is -2.27. The van der Waals surface area contributed by atoms with E-state index in [1.54, 1.807) is 23.4 Å². The third-order valence-electron chi connectivity index (χ3n) is 7.51. The Bertz CT molecular complexity index is 1620. The molecule has 9 nitrogen and oxygen atoms in total. The van der Waals surface area contributed by atoms with E-state index in [1.165, 1.54) is 30.6 Å². The van der Waals surface area contributed by atoms with Crippen LogP contribution in [0.2, 0.25) is 0 Å². The van der Waals surface area contributed by atoms with Crippen LogP contribution in [-0.4, -0.2) is 38.4 Å². The zero-order valence-electron chi connectivity index (χ0n) is 22.2. The van der Waals surface area contributed by atoms with Crippen LogP contribution in [0, 0.1) is 5.92 Å². The molecule has 5 aromatic rings. The molecule has 1 N–H and O–H groups in total. The highest BCUT2D eigenvalue weighted by molar-refractivity contribution is 7.17. The molecule has 1 fully saturated rings. The van der Waals surface area contributed by atoms with Crippen LogP contribution in [-0.2, 0) is 17.8 Å². The van der Waals surface area contributed by atoms with Gasteiger partial charge in [-0.15, -0.1) is 11.3 Å². The smallest absolute Gasteiger partial charge is 0.268 e. The number of nitrogens with zero attached hydrogens (tertiary/aromatic N) is 5. The molecule has 0 saturated heterocycles. The second-order valence-electron chi connectivity index (χ2n) is 10.2. The van der Waals surface area contributed by atoms with Gasteiger partial charge in [-0.3, -0.25) is 19.9 Å². The highest BCUT2D eigenvalue weighted by Crippen LogP contribution is 2.31. The Kier molecular flexibility index (Phi) is 7.41. The number of anilines is 2. The predicted molar refractivity (Wildman–Crippen MR) is 155 cm³/mol. The van der Waals surface area contributed by atoms with Crippen molar-refractivity contribution >= 4 is 45.8 Å². The zero-order chi connectivity index (χ0) is 27.5. The first-order chi connectivity index (χ1) is 19.5. The SMILES string of the molecule is CN(C(=O)CC1CCCC1)c1ccc2c(c1)nc(NC(=O)c1ccc(-c3cnco3)s1)n2CCc1cccnc1. The number of aromatic nitrogens is 4. The highest BCUT2D eigenvalue weighted by atomic mass is 32.1. The normalized spacial score (nSPS) is 13.6. The number of hydrogen-bond donors (Lipinski definition) is 1. The molecule has 1 saturated carbocycles. The average Bonchev–Trinajstić information content (AvgIpc) is 3.78. The number of oxazole rings is 1. The van der Waals surface area contributed by atoms with Crippen LogP contribution in [0.15, 0.2) is 71.9 Å². The monoisotopic (exact) mass is 554 g/mol. The van der Waals surface area contributed by atoms with Gasteiger partial charge in [0.25, 0.3) is 5.91 Å². The van der Waals surface area contributed by atoms with Crippen LogP contribution in [0.5, 0.6) is 0 Å². The summed E-state index contributed by atoms with van der Waals surface area (Å²) < 4.78 is 7.38. The van der Waals surface area contributed by atoms with E-state index in [9.17, 15) is 9.59 Å². The lowest BCUT2D eigenvalue weighted by Gasteiger charge is -2.19. The molecule has 10 heteroatoms. The van der Waals surface area contributed by atoms with Gasteiger partial charge in [0.15, 0.2) is 12.2 Å². The Morgan fingerprint density at radius 3 is 2.77 bits per heavy atom. The summed E-state index contributed by atoms with van der Waals surface area (Å²) in [5, 5.41) is 3.01. The molecular weight excluding hydrogens is 524 g/mol. The Morgan fingerprint density at radius 1 is 1.12 bits per heavy atom. The van der Waals surface area contributed by atoms with Crippen molar-refractivity contribution in [2.24, 2.45) is 5.92 Å². The van der Waals surface area contributed by atoms with Crippen LogP contribution >= 0.6 is 11.3 Å². The standard InChI is InChI=1S/C30H30N6O3S/c1-35(28(37)15-20-5-2-3-6-20)22-8-9-24-23(16-22)33-30(36(24)14-12-21-7-4-13-31-17-21)34-29(38)27-11-10-26(40-27)25-18-32-19-39-25/h4,7-11,13,16-20H,2-3,5-6,12,14-15H2,1H3,(H,33,34,38). The first-order valence-electron chi connectivity index (χ1n) is 13.5. The minimum absolute atomic E-state index is 0.121. The molecule has 0 unspecified atom stereocenters. The molecule has 2 amide bonds. The van der Waals surface area contributed by atoms with Crippen molar-refractivity contribution in [1.29, 1.82) is 0 Å². The molecule has 204 valence electrons. The molecule has 0 bridgehead atoms. The van der Waals surface area contributed by atoms with Crippen LogP contribution in [0.25, 0.3) is 21.7 Å². The van der Waals surface area contributed by atoms with Gasteiger partial charge in [-0.2, -0.15) is 0 Å². The van der Waals surface area contributed by atoms with Crippen molar-refractivity contribution in [2.45, 2.75) is 45.1 Å². The Morgan fingerprint density at radius 2 is 2.00 bits per heavy atom. The largest absolute Gasteiger partial charge is 0.443 e. The molecule has 0 atom stereocenters. The number of thiophene rings is 1. The van der Waals surface area contributed by atoms with Gasteiger partial charge in [-0.25, -0.2) is 9.97 Å². The van der Waals surface area contributed by atoms with Gasteiger partial charge in [-0.05, 0) is 67.1 Å². The summed E-state index contributed by atoms with van der Waals surface area (Å²) in [7, 11) is 1.82. The molecular formula is C30H30N6O3S. The summed E-state index contributed by atoms with van der Waals surface area (Å²) in [5.74, 6) is 1.42. The number of carbonyl (C=O) groups is 2. The molecule has 0 spiro atoms. The zero-order valence-corrected chi connectivity index (χ0v) is 23.1. The van der Waals surface area contributed by atoms with Gasteiger partial charge in [0.2, 0.25) is 11.9 Å². The van der Waals surface area contributed by atoms with Gasteiger partial charge in [0.1, 0.15) is 0 Å². The molecule has 0 radical (unpaired) electrons. The molecule has 0 aliphatic heterocycles. The second-order valence-corrected chi connectivity index (χ2v) is 11.2. The fourth-order valence-electron chi connectivity index (χ4n) is 5.27. The number of benzene rings is 1. The van der Waals surface area contributed by atoms with Gasteiger partial charge in [-0.1, -0.05) is 18.9 Å². The lowest BCUT2D eigenvalue weighted by atomic mass is 10.0. The molecule has 1 aliphatic rings. The quantitative estimate of drug-likeness (QED) is 0.233. The van der Waals surface area contributed by atoms with E-state index in [1.807, 2.05) is 54.2 Å². The van der Waals surface area contributed by atoms with Gasteiger partial charge >= 0.3 is 0 Å². The minimum Gasteiger partial charge on any atom is -0.443 e. The van der Waals surface area contributed by atoms with Gasteiger partial charge in [0.05, 0.1) is 27.0 Å². The highest BCUT2D eigenvalue weighted by Gasteiger charge is 2.22. The van der Waals surface area contributed by atoms with Crippen molar-refractivity contribution in [3.63, 3.8) is 0 Å². The summed E-state index contributed by atoms with van der Waals surface area (Å²) in [4.78, 5) is 42.3. The van der Waals surface area contributed by atoms with Crippen molar-refractivity contribution in [3.05, 3.63) is 77.9 Å². The molecule has 6 rings (SSSR count). The fourth-order valence-corrected chi connectivity index (χ4v) is 6.13. The van der Waals surface area contributed by atoms with Crippen molar-refractivity contribution in [1.82, 2.24) is 19.5 Å². The fraction of sp³-hybridized carbons (Fsp3) is 0.300. The van der Waals surface area contributed by atoms with Crippen LogP contribution in [0.3, 0.4) is 0 Å². The molecule has 1 aromatic carbocycles. The van der Waals surface area contributed by atoms with E-state index in [-0.39, 0.29) is 11.8 Å². The lowest BCUT2D eigenvalue weighted by molar-refractivity contribution is -0.119. The third kappa shape index (κ3) is 5.53. The maximum absolute atomic E-state index is 13.3. The van der Waals surface area contributed by atoms with E-state index in [2.05, 4.69) is 15.3 Å². The van der Waals surface area contributed by atoms with Crippen molar-refractivity contribution in [3.8, 4) is 10.6 Å². The Balaban J connectivity index is 1.27. The van der Waals surface area contributed by atoms with Crippen LogP contribution in [0.4, 0.5) is 11.6 Å². The Labute approximate surface area is 235 Å². The number of amides is 2. The number of carbonyl (C=O) groups excluding carboxylic acids is 2. The van der Waals surface area contributed by atoms with E-state index in [0.717, 1.165) is 40.9 Å². The van der Waals surface area contributed by atoms with E-state index >= 15 is 0 Å². The summed E-state index contributed by atoms with van der Waals surface area (Å²) in [5.41, 5.74) is 3.48. The van der Waals surface area contributed by atoms with Gasteiger partial charge in [0, 0.05) is 38.1 Å². The van der Waals surface area contributed by atoms with E-state index < -0.39 is 0 Å². The number of hydrogen-bond acceptors (Lipinski definition) is 7. The number of rotatable bonds is 9. The predicted octanol–water partition coefficient (Wildman–Crippen LogP) is 6.19.